The predicted octanol–water partition coefficient (Wildman–Crippen LogP) is 9.81. The van der Waals surface area contributed by atoms with Crippen molar-refractivity contribution in [2.45, 2.75) is 4.90 Å². The molecule has 1 aromatic heterocycles. The van der Waals surface area contributed by atoms with E-state index in [-0.39, 0.29) is 5.99 Å². The van der Waals surface area contributed by atoms with E-state index in [0.717, 1.165) is 22.7 Å². The molecule has 3 heterocycles. The Morgan fingerprint density at radius 3 is 1.66 bits per heavy atom. The molecular weight excluding hydrogens is 750 g/mol. The second-order valence-electron chi connectivity index (χ2n) is 15.6. The van der Waals surface area contributed by atoms with Gasteiger partial charge in [0.05, 0.1) is 11.0 Å². The quantitative estimate of drug-likeness (QED) is 0.123. The number of nitrogens with zero attached hydrogens (tertiary/aromatic N) is 1. The first-order valence-electron chi connectivity index (χ1n) is 20.3. The SMILES string of the molecule is c1ccc([Si](c2ccccc2)(c2ccccc2)c2cccc(-c3cc4c5c(c3)-c3ccccc3SB5c3ccc(-n5c6ccccc6c6ccccc65)cc3O4)c2)cc1. The molecule has 0 aliphatic carbocycles. The molecule has 0 atom stereocenters. The van der Waals surface area contributed by atoms with Gasteiger partial charge in [0.2, 0.25) is 0 Å². The number of fused-ring (bicyclic) bond motifs is 7. The van der Waals surface area contributed by atoms with Gasteiger partial charge in [0, 0.05) is 27.4 Å². The average Bonchev–Trinajstić information content (AvgIpc) is 3.65. The van der Waals surface area contributed by atoms with Gasteiger partial charge in [-0.3, -0.25) is 0 Å². The van der Waals surface area contributed by atoms with E-state index in [4.69, 9.17) is 4.74 Å². The maximum absolute atomic E-state index is 7.15. The minimum absolute atomic E-state index is 0.112. The molecule has 12 rings (SSSR count). The second-order valence-corrected chi connectivity index (χ2v) is 20.5. The van der Waals surface area contributed by atoms with Gasteiger partial charge in [-0.15, -0.1) is 0 Å². The Labute approximate surface area is 349 Å². The van der Waals surface area contributed by atoms with Gasteiger partial charge in [0.15, 0.2) is 8.07 Å². The highest BCUT2D eigenvalue weighted by molar-refractivity contribution is 8.28. The van der Waals surface area contributed by atoms with Crippen molar-refractivity contribution in [1.82, 2.24) is 4.57 Å². The lowest BCUT2D eigenvalue weighted by Gasteiger charge is -2.35. The van der Waals surface area contributed by atoms with E-state index < -0.39 is 8.07 Å². The molecule has 2 nitrogen and oxygen atoms in total. The van der Waals surface area contributed by atoms with Gasteiger partial charge in [-0.25, -0.2) is 0 Å². The van der Waals surface area contributed by atoms with Crippen LogP contribution < -0.4 is 36.4 Å². The van der Waals surface area contributed by atoms with Crippen molar-refractivity contribution >= 4 is 79.2 Å². The van der Waals surface area contributed by atoms with Crippen LogP contribution in [-0.4, -0.2) is 18.6 Å². The van der Waals surface area contributed by atoms with Gasteiger partial charge in [0.1, 0.15) is 11.5 Å². The minimum Gasteiger partial charge on any atom is -0.458 e. The topological polar surface area (TPSA) is 14.2 Å². The Morgan fingerprint density at radius 1 is 0.424 bits per heavy atom. The Morgan fingerprint density at radius 2 is 1.00 bits per heavy atom. The number of hydrogen-bond donors (Lipinski definition) is 0. The molecule has 2 aliphatic heterocycles. The molecule has 0 saturated carbocycles. The van der Waals surface area contributed by atoms with Crippen LogP contribution in [0.15, 0.2) is 223 Å². The van der Waals surface area contributed by atoms with Crippen LogP contribution in [0.2, 0.25) is 0 Å². The van der Waals surface area contributed by atoms with Gasteiger partial charge >= 0.3 is 0 Å². The summed E-state index contributed by atoms with van der Waals surface area (Å²) in [7, 11) is -2.73. The average molecular weight is 786 g/mol. The van der Waals surface area contributed by atoms with Crippen molar-refractivity contribution in [2.24, 2.45) is 0 Å². The second kappa shape index (κ2) is 13.7. The fraction of sp³-hybridized carbons (Fsp3) is 0. The van der Waals surface area contributed by atoms with Crippen LogP contribution >= 0.6 is 11.6 Å². The highest BCUT2D eigenvalue weighted by atomic mass is 32.2. The highest BCUT2D eigenvalue weighted by Crippen LogP contribution is 2.45. The number of benzene rings is 9. The van der Waals surface area contributed by atoms with E-state index in [1.165, 1.54) is 75.1 Å². The maximum atomic E-state index is 7.15. The van der Waals surface area contributed by atoms with E-state index in [9.17, 15) is 0 Å². The molecular formula is C54H36BNOSSi. The van der Waals surface area contributed by atoms with Crippen LogP contribution in [-0.2, 0) is 0 Å². The predicted molar refractivity (Wildman–Crippen MR) is 253 cm³/mol. The molecule has 276 valence electrons. The van der Waals surface area contributed by atoms with Gasteiger partial charge in [-0.05, 0) is 90.3 Å². The molecule has 0 amide bonds. The summed E-state index contributed by atoms with van der Waals surface area (Å²) < 4.78 is 9.53. The van der Waals surface area contributed by atoms with Gasteiger partial charge in [-0.2, -0.15) is 11.6 Å². The molecule has 0 fully saturated rings. The third-order valence-corrected chi connectivity index (χ3v) is 18.5. The molecule has 0 spiro atoms. The number of ether oxygens (including phenoxy) is 1. The first-order chi connectivity index (χ1) is 29.3. The lowest BCUT2D eigenvalue weighted by atomic mass is 9.57. The van der Waals surface area contributed by atoms with Crippen molar-refractivity contribution in [3.63, 3.8) is 0 Å². The summed E-state index contributed by atoms with van der Waals surface area (Å²) in [4.78, 5) is 1.30. The fourth-order valence-corrected chi connectivity index (χ4v) is 16.0. The summed E-state index contributed by atoms with van der Waals surface area (Å²) in [5, 5.41) is 7.94. The molecule has 2 aliphatic rings. The minimum atomic E-state index is -2.73. The lowest BCUT2D eigenvalue weighted by Crippen LogP contribution is -2.74. The monoisotopic (exact) mass is 785 g/mol. The summed E-state index contributed by atoms with van der Waals surface area (Å²) in [5.74, 6) is 1.95. The van der Waals surface area contributed by atoms with E-state index in [2.05, 4.69) is 223 Å². The summed E-state index contributed by atoms with van der Waals surface area (Å²) >= 11 is 1.94. The summed E-state index contributed by atoms with van der Waals surface area (Å²) in [6.45, 7) is 0. The molecule has 9 aromatic carbocycles. The molecule has 0 radical (unpaired) electrons. The maximum Gasteiger partial charge on any atom is 0.289 e. The van der Waals surface area contributed by atoms with Crippen molar-refractivity contribution in [3.8, 4) is 39.4 Å². The molecule has 0 N–H and O–H groups in total. The largest absolute Gasteiger partial charge is 0.458 e. The smallest absolute Gasteiger partial charge is 0.289 e. The van der Waals surface area contributed by atoms with Gasteiger partial charge < -0.3 is 9.30 Å². The third kappa shape index (κ3) is 5.28. The van der Waals surface area contributed by atoms with E-state index >= 15 is 0 Å². The first-order valence-corrected chi connectivity index (χ1v) is 23.2. The highest BCUT2D eigenvalue weighted by Gasteiger charge is 2.42. The zero-order chi connectivity index (χ0) is 38.9. The van der Waals surface area contributed by atoms with Crippen LogP contribution in [0.4, 0.5) is 0 Å². The van der Waals surface area contributed by atoms with E-state index in [1.54, 1.807) is 0 Å². The van der Waals surface area contributed by atoms with Crippen molar-refractivity contribution < 1.29 is 4.74 Å². The number of rotatable bonds is 6. The normalized spacial score (nSPS) is 12.8. The van der Waals surface area contributed by atoms with Crippen LogP contribution in [0.1, 0.15) is 0 Å². The lowest BCUT2D eigenvalue weighted by molar-refractivity contribution is 0.488. The van der Waals surface area contributed by atoms with Crippen LogP contribution in [0, 0.1) is 0 Å². The molecule has 0 unspecified atom stereocenters. The van der Waals surface area contributed by atoms with E-state index in [1.807, 2.05) is 11.6 Å². The summed E-state index contributed by atoms with van der Waals surface area (Å²) in [5.41, 5.74) is 10.8. The molecule has 10 aromatic rings. The zero-order valence-electron chi connectivity index (χ0n) is 32.1. The molecule has 59 heavy (non-hydrogen) atoms. The summed E-state index contributed by atoms with van der Waals surface area (Å²) in [6, 6.07) is 80.6. The first kappa shape index (κ1) is 34.3. The Balaban J connectivity index is 1.05. The number of aromatic nitrogens is 1. The van der Waals surface area contributed by atoms with Gasteiger partial charge in [-0.1, -0.05) is 176 Å². The van der Waals surface area contributed by atoms with Crippen LogP contribution in [0.25, 0.3) is 49.7 Å². The molecule has 5 heteroatoms. The number of hydrogen-bond acceptors (Lipinski definition) is 2. The Hall–Kier alpha value is -6.79. The fourth-order valence-electron chi connectivity index (χ4n) is 9.85. The molecule has 0 saturated heterocycles. The third-order valence-electron chi connectivity index (χ3n) is 12.4. The van der Waals surface area contributed by atoms with Crippen LogP contribution in [0.5, 0.6) is 11.5 Å². The van der Waals surface area contributed by atoms with Gasteiger partial charge in [0.25, 0.3) is 5.99 Å². The van der Waals surface area contributed by atoms with Crippen molar-refractivity contribution in [1.29, 1.82) is 0 Å². The Bertz CT molecular complexity index is 3090. The van der Waals surface area contributed by atoms with Crippen molar-refractivity contribution in [3.05, 3.63) is 218 Å². The zero-order valence-corrected chi connectivity index (χ0v) is 33.9. The van der Waals surface area contributed by atoms with Crippen molar-refractivity contribution in [2.75, 3.05) is 0 Å². The Kier molecular flexibility index (Phi) is 7.94. The van der Waals surface area contributed by atoms with Crippen LogP contribution in [0.3, 0.4) is 0 Å². The van der Waals surface area contributed by atoms with E-state index in [0.29, 0.717) is 0 Å². The number of para-hydroxylation sites is 2. The summed E-state index contributed by atoms with van der Waals surface area (Å²) in [6.07, 6.45) is 0. The standard InChI is InChI=1S/C54H36BNOSSi/c1-4-18-40(19-5-1)59(41-20-6-2-7-21-41,42-22-8-3-9-23-42)43-24-16-17-37(33-43)38-34-47-46-27-12-15-30-53(46)58-55-48-32-31-39(36-51(48)57-52(35-38)54(47)55)56-49-28-13-10-25-44(49)45-26-11-14-29-50(45)56/h1-36H. The molecule has 0 bridgehead atoms.